The molecule has 6 heteroatoms. The van der Waals surface area contributed by atoms with Crippen LogP contribution >= 0.6 is 0 Å². The van der Waals surface area contributed by atoms with Crippen LogP contribution < -0.4 is 5.32 Å². The van der Waals surface area contributed by atoms with Crippen molar-refractivity contribution < 1.29 is 4.79 Å². The fraction of sp³-hybridized carbons (Fsp3) is 0.200. The van der Waals surface area contributed by atoms with Crippen molar-refractivity contribution >= 4 is 22.6 Å². The van der Waals surface area contributed by atoms with Crippen LogP contribution in [0.2, 0.25) is 0 Å². The van der Waals surface area contributed by atoms with Gasteiger partial charge in [0.25, 0.3) is 0 Å². The molecule has 0 atom stereocenters. The first-order chi connectivity index (χ1) is 10.2. The third-order valence-corrected chi connectivity index (χ3v) is 3.25. The highest BCUT2D eigenvalue weighted by Gasteiger charge is 2.07. The zero-order valence-corrected chi connectivity index (χ0v) is 11.6. The van der Waals surface area contributed by atoms with E-state index in [1.165, 1.54) is 0 Å². The van der Waals surface area contributed by atoms with Gasteiger partial charge in [-0.15, -0.1) is 0 Å². The topological polar surface area (TPSA) is 83.6 Å². The lowest BCUT2D eigenvalue weighted by Crippen LogP contribution is -2.12. The average Bonchev–Trinajstić information content (AvgIpc) is 2.87. The van der Waals surface area contributed by atoms with Crippen molar-refractivity contribution in [3.05, 3.63) is 48.0 Å². The maximum Gasteiger partial charge on any atom is 0.224 e. The van der Waals surface area contributed by atoms with Gasteiger partial charge in [0, 0.05) is 29.9 Å². The number of H-pyrrole nitrogens is 1. The van der Waals surface area contributed by atoms with E-state index in [1.54, 1.807) is 18.6 Å². The quantitative estimate of drug-likeness (QED) is 0.768. The van der Waals surface area contributed by atoms with Gasteiger partial charge in [0.15, 0.2) is 5.65 Å². The lowest BCUT2D eigenvalue weighted by molar-refractivity contribution is -0.116. The summed E-state index contributed by atoms with van der Waals surface area (Å²) in [4.78, 5) is 20.2. The predicted octanol–water partition coefficient (Wildman–Crippen LogP) is 2.23. The molecule has 0 spiro atoms. The fourth-order valence-corrected chi connectivity index (χ4v) is 2.12. The van der Waals surface area contributed by atoms with Crippen molar-refractivity contribution in [3.63, 3.8) is 0 Å². The van der Waals surface area contributed by atoms with Crippen LogP contribution in [0.4, 0.5) is 5.69 Å². The van der Waals surface area contributed by atoms with Gasteiger partial charge in [-0.05, 0) is 31.0 Å². The zero-order chi connectivity index (χ0) is 14.7. The molecule has 0 aliphatic carbocycles. The van der Waals surface area contributed by atoms with Crippen molar-refractivity contribution in [1.29, 1.82) is 0 Å². The van der Waals surface area contributed by atoms with Crippen molar-refractivity contribution in [2.24, 2.45) is 0 Å². The maximum atomic E-state index is 12.0. The molecule has 0 saturated carbocycles. The summed E-state index contributed by atoms with van der Waals surface area (Å²) in [5.41, 5.74) is 3.32. The first-order valence-corrected chi connectivity index (χ1v) is 6.72. The van der Waals surface area contributed by atoms with Crippen LogP contribution in [0, 0.1) is 6.92 Å². The molecule has 6 nitrogen and oxygen atoms in total. The Labute approximate surface area is 121 Å². The Hall–Kier alpha value is -2.76. The van der Waals surface area contributed by atoms with Crippen molar-refractivity contribution in [2.75, 3.05) is 5.32 Å². The van der Waals surface area contributed by atoms with Gasteiger partial charge in [-0.1, -0.05) is 6.07 Å². The number of fused-ring (bicyclic) bond motifs is 1. The lowest BCUT2D eigenvalue weighted by atomic mass is 10.1. The van der Waals surface area contributed by atoms with E-state index in [2.05, 4.69) is 25.5 Å². The monoisotopic (exact) mass is 281 g/mol. The lowest BCUT2D eigenvalue weighted by Gasteiger charge is -2.05. The number of carbonyl (C=O) groups is 1. The van der Waals surface area contributed by atoms with Crippen molar-refractivity contribution in [3.8, 4) is 0 Å². The molecule has 3 aromatic rings. The molecular weight excluding hydrogens is 266 g/mol. The van der Waals surface area contributed by atoms with Gasteiger partial charge in [0.2, 0.25) is 5.91 Å². The molecule has 0 fully saturated rings. The second-order valence-electron chi connectivity index (χ2n) is 4.85. The zero-order valence-electron chi connectivity index (χ0n) is 11.6. The van der Waals surface area contributed by atoms with Gasteiger partial charge in [-0.3, -0.25) is 14.9 Å². The smallest absolute Gasteiger partial charge is 0.224 e. The summed E-state index contributed by atoms with van der Waals surface area (Å²) in [5, 5.41) is 10.7. The van der Waals surface area contributed by atoms with Gasteiger partial charge in [0.1, 0.15) is 0 Å². The minimum absolute atomic E-state index is 0.0406. The van der Waals surface area contributed by atoms with E-state index in [1.807, 2.05) is 25.1 Å². The second-order valence-corrected chi connectivity index (χ2v) is 4.85. The first-order valence-electron chi connectivity index (χ1n) is 6.72. The largest absolute Gasteiger partial charge is 0.325 e. The Morgan fingerprint density at radius 3 is 3.10 bits per heavy atom. The molecular formula is C15H15N5O. The number of hydrogen-bond donors (Lipinski definition) is 2. The number of pyridine rings is 2. The Bertz CT molecular complexity index is 766. The summed E-state index contributed by atoms with van der Waals surface area (Å²) in [6.07, 6.45) is 6.19. The molecule has 3 heterocycles. The molecule has 21 heavy (non-hydrogen) atoms. The molecule has 0 aliphatic heterocycles. The number of aromatic nitrogens is 4. The number of rotatable bonds is 4. The number of nitrogens with one attached hydrogen (secondary N) is 2. The average molecular weight is 281 g/mol. The third-order valence-electron chi connectivity index (χ3n) is 3.25. The number of amides is 1. The normalized spacial score (nSPS) is 10.7. The van der Waals surface area contributed by atoms with Crippen LogP contribution in [-0.2, 0) is 11.2 Å². The van der Waals surface area contributed by atoms with Gasteiger partial charge >= 0.3 is 0 Å². The summed E-state index contributed by atoms with van der Waals surface area (Å²) in [7, 11) is 0. The molecule has 0 radical (unpaired) electrons. The van der Waals surface area contributed by atoms with Gasteiger partial charge in [-0.25, -0.2) is 4.98 Å². The molecule has 0 aromatic carbocycles. The molecule has 0 unspecified atom stereocenters. The van der Waals surface area contributed by atoms with Crippen LogP contribution in [0.3, 0.4) is 0 Å². The number of anilines is 1. The van der Waals surface area contributed by atoms with E-state index in [9.17, 15) is 4.79 Å². The van der Waals surface area contributed by atoms with E-state index in [-0.39, 0.29) is 5.91 Å². The van der Waals surface area contributed by atoms with E-state index >= 15 is 0 Å². The van der Waals surface area contributed by atoms with E-state index in [0.29, 0.717) is 24.2 Å². The summed E-state index contributed by atoms with van der Waals surface area (Å²) >= 11 is 0. The van der Waals surface area contributed by atoms with Gasteiger partial charge in [0.05, 0.1) is 11.9 Å². The van der Waals surface area contributed by atoms with Crippen LogP contribution in [-0.4, -0.2) is 26.1 Å². The van der Waals surface area contributed by atoms with Crippen LogP contribution in [0.5, 0.6) is 0 Å². The molecule has 3 aromatic heterocycles. The molecule has 0 bridgehead atoms. The minimum Gasteiger partial charge on any atom is -0.325 e. The van der Waals surface area contributed by atoms with E-state index < -0.39 is 0 Å². The Kier molecular flexibility index (Phi) is 3.59. The molecule has 1 amide bonds. The number of nitrogens with zero attached hydrogens (tertiary/aromatic N) is 3. The van der Waals surface area contributed by atoms with Gasteiger partial charge in [-0.2, -0.15) is 5.10 Å². The Morgan fingerprint density at radius 2 is 2.29 bits per heavy atom. The number of aromatic amines is 1. The van der Waals surface area contributed by atoms with Crippen LogP contribution in [0.1, 0.15) is 17.7 Å². The maximum absolute atomic E-state index is 12.0. The predicted molar refractivity (Wildman–Crippen MR) is 79.8 cm³/mol. The highest BCUT2D eigenvalue weighted by Crippen LogP contribution is 2.17. The standard InChI is InChI=1S/C15H15N5O/c1-10-13-7-12(9-17-15(13)20-19-10)18-14(21)5-4-11-3-2-6-16-8-11/h2-3,6-9H,4-5H2,1H3,(H,18,21)(H,17,19,20). The minimum atomic E-state index is -0.0406. The SMILES string of the molecule is Cc1[nH]nc2ncc(NC(=O)CCc3cccnc3)cc12. The summed E-state index contributed by atoms with van der Waals surface area (Å²) in [6, 6.07) is 5.71. The van der Waals surface area contributed by atoms with Crippen molar-refractivity contribution in [2.45, 2.75) is 19.8 Å². The molecule has 0 saturated heterocycles. The molecule has 3 rings (SSSR count). The first kappa shape index (κ1) is 13.2. The highest BCUT2D eigenvalue weighted by atomic mass is 16.1. The van der Waals surface area contributed by atoms with Crippen molar-refractivity contribution in [1.82, 2.24) is 20.2 Å². The van der Waals surface area contributed by atoms with E-state index in [0.717, 1.165) is 16.6 Å². The number of aryl methyl sites for hydroxylation is 2. The molecule has 106 valence electrons. The second kappa shape index (κ2) is 5.70. The Morgan fingerprint density at radius 1 is 1.38 bits per heavy atom. The van der Waals surface area contributed by atoms with Crippen LogP contribution in [0.15, 0.2) is 36.8 Å². The highest BCUT2D eigenvalue weighted by molar-refractivity contribution is 5.93. The fourth-order valence-electron chi connectivity index (χ4n) is 2.12. The summed E-state index contributed by atoms with van der Waals surface area (Å²) in [5.74, 6) is -0.0406. The summed E-state index contributed by atoms with van der Waals surface area (Å²) < 4.78 is 0. The third kappa shape index (κ3) is 3.05. The molecule has 0 aliphatic rings. The molecule has 2 N–H and O–H groups in total. The number of carbonyl (C=O) groups excluding carboxylic acids is 1. The number of hydrogen-bond acceptors (Lipinski definition) is 4. The Balaban J connectivity index is 1.64. The van der Waals surface area contributed by atoms with Crippen LogP contribution in [0.25, 0.3) is 11.0 Å². The summed E-state index contributed by atoms with van der Waals surface area (Å²) in [6.45, 7) is 1.92. The van der Waals surface area contributed by atoms with E-state index in [4.69, 9.17) is 0 Å². The van der Waals surface area contributed by atoms with Gasteiger partial charge < -0.3 is 5.32 Å².